The molecule has 0 aliphatic carbocycles. The number of esters is 1. The molecule has 1 aromatic heterocycles. The first-order chi connectivity index (χ1) is 11.9. The molecule has 1 amide bonds. The third-order valence-corrected chi connectivity index (χ3v) is 4.47. The predicted molar refractivity (Wildman–Crippen MR) is 95.6 cm³/mol. The SMILES string of the molecule is CCCN(C)C(=O)Oc1nsnc1-c1c(Cl)ccc(C(=O)OC)c1Cl. The van der Waals surface area contributed by atoms with Crippen LogP contribution in [0.4, 0.5) is 4.79 Å². The number of ether oxygens (including phenoxy) is 2. The predicted octanol–water partition coefficient (Wildman–Crippen LogP) is 4.14. The molecule has 0 spiro atoms. The van der Waals surface area contributed by atoms with Crippen molar-refractivity contribution in [2.75, 3.05) is 20.7 Å². The van der Waals surface area contributed by atoms with Crippen molar-refractivity contribution in [3.63, 3.8) is 0 Å². The number of aromatic nitrogens is 2. The maximum atomic E-state index is 12.1. The number of hydrogen-bond donors (Lipinski definition) is 0. The minimum Gasteiger partial charge on any atom is -0.465 e. The largest absolute Gasteiger partial charge is 0.465 e. The first-order valence-electron chi connectivity index (χ1n) is 7.22. The average Bonchev–Trinajstić information content (AvgIpc) is 3.02. The molecule has 10 heteroatoms. The number of carbonyl (C=O) groups excluding carboxylic acids is 2. The van der Waals surface area contributed by atoms with Crippen LogP contribution in [0.1, 0.15) is 23.7 Å². The molecule has 0 fully saturated rings. The van der Waals surface area contributed by atoms with E-state index in [-0.39, 0.29) is 32.7 Å². The van der Waals surface area contributed by atoms with Gasteiger partial charge in [-0.3, -0.25) is 0 Å². The van der Waals surface area contributed by atoms with Crippen LogP contribution in [-0.2, 0) is 4.74 Å². The smallest absolute Gasteiger partial charge is 0.416 e. The number of hydrogen-bond acceptors (Lipinski definition) is 7. The molecule has 0 saturated heterocycles. The van der Waals surface area contributed by atoms with Gasteiger partial charge in [-0.2, -0.15) is 4.37 Å². The van der Waals surface area contributed by atoms with E-state index in [1.54, 1.807) is 7.05 Å². The summed E-state index contributed by atoms with van der Waals surface area (Å²) in [6, 6.07) is 2.93. The summed E-state index contributed by atoms with van der Waals surface area (Å²) in [5.74, 6) is -0.643. The molecule has 0 unspecified atom stereocenters. The van der Waals surface area contributed by atoms with Gasteiger partial charge in [-0.25, -0.2) is 9.59 Å². The van der Waals surface area contributed by atoms with Gasteiger partial charge in [0.1, 0.15) is 0 Å². The van der Waals surface area contributed by atoms with Gasteiger partial charge in [-0.15, -0.1) is 4.37 Å². The van der Waals surface area contributed by atoms with E-state index in [1.165, 1.54) is 24.1 Å². The molecule has 1 aromatic carbocycles. The van der Waals surface area contributed by atoms with Gasteiger partial charge < -0.3 is 14.4 Å². The van der Waals surface area contributed by atoms with Gasteiger partial charge in [0, 0.05) is 19.2 Å². The second-order valence-corrected chi connectivity index (χ2v) is 6.30. The van der Waals surface area contributed by atoms with E-state index < -0.39 is 12.1 Å². The fraction of sp³-hybridized carbons (Fsp3) is 0.333. The highest BCUT2D eigenvalue weighted by Gasteiger charge is 2.25. The highest BCUT2D eigenvalue weighted by atomic mass is 35.5. The van der Waals surface area contributed by atoms with Crippen LogP contribution in [-0.4, -0.2) is 46.4 Å². The van der Waals surface area contributed by atoms with Crippen molar-refractivity contribution in [3.05, 3.63) is 27.7 Å². The number of rotatable bonds is 5. The van der Waals surface area contributed by atoms with E-state index >= 15 is 0 Å². The number of halogens is 2. The molecule has 1 heterocycles. The van der Waals surface area contributed by atoms with Gasteiger partial charge in [0.2, 0.25) is 0 Å². The van der Waals surface area contributed by atoms with Crippen LogP contribution in [0.3, 0.4) is 0 Å². The summed E-state index contributed by atoms with van der Waals surface area (Å²) in [5, 5.41) is 0.288. The Balaban J connectivity index is 2.43. The van der Waals surface area contributed by atoms with Gasteiger partial charge in [0.05, 0.1) is 34.4 Å². The van der Waals surface area contributed by atoms with Gasteiger partial charge >= 0.3 is 12.1 Å². The van der Waals surface area contributed by atoms with Gasteiger partial charge in [-0.05, 0) is 18.6 Å². The van der Waals surface area contributed by atoms with Gasteiger partial charge in [0.25, 0.3) is 5.88 Å². The maximum Gasteiger partial charge on any atom is 0.416 e. The Hall–Kier alpha value is -1.90. The highest BCUT2D eigenvalue weighted by molar-refractivity contribution is 6.99. The van der Waals surface area contributed by atoms with Gasteiger partial charge in [0.15, 0.2) is 5.69 Å². The summed E-state index contributed by atoms with van der Waals surface area (Å²) >= 11 is 13.3. The first kappa shape index (κ1) is 19.4. The molecule has 0 atom stereocenters. The molecule has 0 saturated carbocycles. The normalized spacial score (nSPS) is 10.4. The van der Waals surface area contributed by atoms with Crippen molar-refractivity contribution in [1.82, 2.24) is 13.6 Å². The van der Waals surface area contributed by atoms with Crippen molar-refractivity contribution in [3.8, 4) is 17.1 Å². The zero-order chi connectivity index (χ0) is 18.6. The van der Waals surface area contributed by atoms with Crippen molar-refractivity contribution in [2.24, 2.45) is 0 Å². The van der Waals surface area contributed by atoms with E-state index in [2.05, 4.69) is 8.75 Å². The number of carbonyl (C=O) groups is 2. The molecule has 7 nitrogen and oxygen atoms in total. The molecule has 134 valence electrons. The maximum absolute atomic E-state index is 12.1. The van der Waals surface area contributed by atoms with Crippen LogP contribution >= 0.6 is 34.9 Å². The van der Waals surface area contributed by atoms with E-state index in [9.17, 15) is 9.59 Å². The lowest BCUT2D eigenvalue weighted by atomic mass is 10.1. The van der Waals surface area contributed by atoms with E-state index in [1.807, 2.05) is 6.92 Å². The Bertz CT molecular complexity index is 797. The number of amides is 1. The molecule has 2 rings (SSSR count). The Morgan fingerprint density at radius 3 is 2.64 bits per heavy atom. The monoisotopic (exact) mass is 403 g/mol. The third kappa shape index (κ3) is 4.20. The average molecular weight is 404 g/mol. The topological polar surface area (TPSA) is 81.6 Å². The Labute approximate surface area is 158 Å². The van der Waals surface area contributed by atoms with Crippen molar-refractivity contribution in [2.45, 2.75) is 13.3 Å². The molecule has 25 heavy (non-hydrogen) atoms. The van der Waals surface area contributed by atoms with Crippen molar-refractivity contribution in [1.29, 1.82) is 0 Å². The summed E-state index contributed by atoms with van der Waals surface area (Å²) < 4.78 is 18.1. The van der Waals surface area contributed by atoms with E-state index in [0.717, 1.165) is 18.1 Å². The lowest BCUT2D eigenvalue weighted by molar-refractivity contribution is 0.0601. The van der Waals surface area contributed by atoms with Crippen molar-refractivity contribution < 1.29 is 19.1 Å². The quantitative estimate of drug-likeness (QED) is 0.697. The van der Waals surface area contributed by atoms with Crippen LogP contribution in [0.5, 0.6) is 5.88 Å². The summed E-state index contributed by atoms with van der Waals surface area (Å²) in [6.45, 7) is 2.47. The second kappa shape index (κ2) is 8.46. The number of benzene rings is 1. The Morgan fingerprint density at radius 1 is 1.28 bits per heavy atom. The fourth-order valence-corrected chi connectivity index (χ4v) is 3.14. The highest BCUT2D eigenvalue weighted by Crippen LogP contribution is 2.40. The minimum absolute atomic E-state index is 0.0243. The summed E-state index contributed by atoms with van der Waals surface area (Å²) in [6.07, 6.45) is 0.208. The number of methoxy groups -OCH3 is 1. The number of nitrogens with zero attached hydrogens (tertiary/aromatic N) is 3. The molecule has 0 N–H and O–H groups in total. The second-order valence-electron chi connectivity index (χ2n) is 4.98. The molecule has 0 aliphatic heterocycles. The lowest BCUT2D eigenvalue weighted by Crippen LogP contribution is -2.30. The Morgan fingerprint density at radius 2 is 2.00 bits per heavy atom. The standard InChI is InChI=1S/C15H15Cl2N3O4S/c1-4-7-20(2)15(22)24-13-12(18-25-19-13)10-9(16)6-5-8(11(10)17)14(21)23-3/h5-6H,4,7H2,1-3H3. The lowest BCUT2D eigenvalue weighted by Gasteiger charge is -2.15. The molecular formula is C15H15Cl2N3O4S. The Kier molecular flexibility index (Phi) is 6.57. The third-order valence-electron chi connectivity index (χ3n) is 3.25. The summed E-state index contributed by atoms with van der Waals surface area (Å²) in [5.41, 5.74) is 0.557. The van der Waals surface area contributed by atoms with E-state index in [0.29, 0.717) is 6.54 Å². The van der Waals surface area contributed by atoms with Gasteiger partial charge in [-0.1, -0.05) is 30.1 Å². The minimum atomic E-state index is -0.618. The van der Waals surface area contributed by atoms with E-state index in [4.69, 9.17) is 32.7 Å². The zero-order valence-corrected chi connectivity index (χ0v) is 16.0. The van der Waals surface area contributed by atoms with Crippen LogP contribution in [0.25, 0.3) is 11.3 Å². The summed E-state index contributed by atoms with van der Waals surface area (Å²) in [7, 11) is 2.86. The zero-order valence-electron chi connectivity index (χ0n) is 13.7. The summed E-state index contributed by atoms with van der Waals surface area (Å²) in [4.78, 5) is 25.3. The molecule has 2 aromatic rings. The fourth-order valence-electron chi connectivity index (χ4n) is 2.02. The first-order valence-corrected chi connectivity index (χ1v) is 8.71. The van der Waals surface area contributed by atoms with Crippen LogP contribution in [0.15, 0.2) is 12.1 Å². The molecular weight excluding hydrogens is 389 g/mol. The molecule has 0 bridgehead atoms. The molecule has 0 aliphatic rings. The van der Waals surface area contributed by atoms with Crippen LogP contribution < -0.4 is 4.74 Å². The van der Waals surface area contributed by atoms with Crippen molar-refractivity contribution >= 4 is 47.0 Å². The van der Waals surface area contributed by atoms with Crippen LogP contribution in [0, 0.1) is 0 Å². The van der Waals surface area contributed by atoms with Crippen LogP contribution in [0.2, 0.25) is 10.0 Å². The molecule has 0 radical (unpaired) electrons.